The average molecular weight is 489 g/mol. The highest BCUT2D eigenvalue weighted by Crippen LogP contribution is 2.21. The Kier molecular flexibility index (Phi) is 11.2. The molecule has 9 nitrogen and oxygen atoms in total. The predicted molar refractivity (Wildman–Crippen MR) is 125 cm³/mol. The van der Waals surface area contributed by atoms with Gasteiger partial charge in [-0.25, -0.2) is 14.0 Å². The fraction of sp³-hybridized carbons (Fsp3) is 0.360. The first kappa shape index (κ1) is 27.3. The molecule has 0 heterocycles. The van der Waals surface area contributed by atoms with Crippen molar-refractivity contribution >= 4 is 24.4 Å². The molecule has 2 aromatic carbocycles. The second kappa shape index (κ2) is 14.3. The molecule has 2 amide bonds. The molecule has 35 heavy (non-hydrogen) atoms. The number of alkyl carbamates (subject to hydrolysis) is 1. The molecule has 0 aromatic heterocycles. The van der Waals surface area contributed by atoms with E-state index in [1.165, 1.54) is 12.1 Å². The monoisotopic (exact) mass is 488 g/mol. The van der Waals surface area contributed by atoms with Crippen LogP contribution in [0.4, 0.5) is 9.18 Å². The Morgan fingerprint density at radius 2 is 1.80 bits per heavy atom. The van der Waals surface area contributed by atoms with E-state index in [1.807, 2.05) is 30.3 Å². The molecule has 0 aliphatic carbocycles. The number of halogens is 1. The fourth-order valence-corrected chi connectivity index (χ4v) is 3.30. The van der Waals surface area contributed by atoms with Crippen molar-refractivity contribution in [1.29, 1.82) is 0 Å². The molecule has 0 fully saturated rings. The summed E-state index contributed by atoms with van der Waals surface area (Å²) >= 11 is 0. The summed E-state index contributed by atoms with van der Waals surface area (Å²) in [5.41, 5.74) is 1.42. The third-order valence-corrected chi connectivity index (χ3v) is 5.09. The summed E-state index contributed by atoms with van der Waals surface area (Å²) in [6.07, 6.45) is -0.487. The summed E-state index contributed by atoms with van der Waals surface area (Å²) in [6.45, 7) is 2.12. The van der Waals surface area contributed by atoms with Gasteiger partial charge in [-0.1, -0.05) is 49.7 Å². The number of carboxylic acid groups (broad SMARTS) is 1. The number of carbonyl (C=O) groups is 4. The Balaban J connectivity index is 1.78. The van der Waals surface area contributed by atoms with Crippen molar-refractivity contribution in [1.82, 2.24) is 10.6 Å². The number of hydrogen-bond donors (Lipinski definition) is 3. The molecule has 10 heteroatoms. The largest absolute Gasteiger partial charge is 0.480 e. The molecule has 0 unspecified atom stereocenters. The van der Waals surface area contributed by atoms with Crippen LogP contribution in [0.3, 0.4) is 0 Å². The molecule has 2 atom stereocenters. The Morgan fingerprint density at radius 1 is 1.06 bits per heavy atom. The zero-order valence-corrected chi connectivity index (χ0v) is 19.4. The molecule has 2 rings (SSSR count). The van der Waals surface area contributed by atoms with Crippen LogP contribution in [0.5, 0.6) is 0 Å². The fourth-order valence-electron chi connectivity index (χ4n) is 3.30. The molecule has 0 bridgehead atoms. The molecular weight excluding hydrogens is 459 g/mol. The lowest BCUT2D eigenvalue weighted by molar-refractivity contribution is -0.154. The molecule has 0 spiro atoms. The molecule has 2 aromatic rings. The SMILES string of the molecule is CCC[C@H](NC(=O)O[C@@H](CCCCNC(=O)c1ccc(-c2ccccc2)cc1F)OC=O)C(=O)O. The van der Waals surface area contributed by atoms with Crippen LogP contribution in [0, 0.1) is 5.82 Å². The molecular formula is C25H29FN2O7. The molecule has 0 aliphatic rings. The molecule has 0 saturated heterocycles. The molecule has 0 aliphatic heterocycles. The molecule has 0 saturated carbocycles. The highest BCUT2D eigenvalue weighted by Gasteiger charge is 2.22. The number of unbranched alkanes of at least 4 members (excludes halogenated alkanes) is 1. The number of aliphatic carboxylic acids is 1. The number of carbonyl (C=O) groups excluding carboxylic acids is 3. The Bertz CT molecular complexity index is 1000. The van der Waals surface area contributed by atoms with E-state index in [2.05, 4.69) is 10.6 Å². The van der Waals surface area contributed by atoms with E-state index in [-0.39, 0.29) is 31.4 Å². The normalized spacial score (nSPS) is 12.2. The van der Waals surface area contributed by atoms with Crippen LogP contribution in [-0.2, 0) is 19.1 Å². The van der Waals surface area contributed by atoms with Crippen molar-refractivity contribution in [2.75, 3.05) is 6.54 Å². The topological polar surface area (TPSA) is 131 Å². The van der Waals surface area contributed by atoms with Gasteiger partial charge in [0.2, 0.25) is 6.29 Å². The Labute approximate surface area is 202 Å². The average Bonchev–Trinajstić information content (AvgIpc) is 2.83. The maximum Gasteiger partial charge on any atom is 0.410 e. The third-order valence-electron chi connectivity index (χ3n) is 5.09. The van der Waals surface area contributed by atoms with Gasteiger partial charge < -0.3 is 25.2 Å². The van der Waals surface area contributed by atoms with E-state index < -0.39 is 36.1 Å². The minimum absolute atomic E-state index is 0.0769. The van der Waals surface area contributed by atoms with E-state index in [1.54, 1.807) is 13.0 Å². The number of carboxylic acids is 1. The van der Waals surface area contributed by atoms with Crippen molar-refractivity contribution in [2.45, 2.75) is 51.4 Å². The second-order valence-corrected chi connectivity index (χ2v) is 7.70. The summed E-state index contributed by atoms with van der Waals surface area (Å²) in [6, 6.07) is 12.5. The van der Waals surface area contributed by atoms with Crippen LogP contribution in [0.25, 0.3) is 11.1 Å². The first-order chi connectivity index (χ1) is 16.8. The van der Waals surface area contributed by atoms with Gasteiger partial charge in [-0.2, -0.15) is 0 Å². The van der Waals surface area contributed by atoms with Crippen LogP contribution >= 0.6 is 0 Å². The van der Waals surface area contributed by atoms with E-state index in [4.69, 9.17) is 14.6 Å². The van der Waals surface area contributed by atoms with E-state index in [9.17, 15) is 23.6 Å². The standard InChI is InChI=1S/C25H29FN2O7/c1-2-8-21(24(31)32)28-25(33)35-22(34-16-29)11-6-7-14-27-23(30)19-13-12-18(15-20(19)26)17-9-4-3-5-10-17/h3-5,9-10,12-13,15-16,21-22H,2,6-8,11,14H2,1H3,(H,27,30)(H,28,33)(H,31,32)/t21-,22-/m0/s1. The first-order valence-corrected chi connectivity index (χ1v) is 11.3. The quantitative estimate of drug-likeness (QED) is 0.209. The van der Waals surface area contributed by atoms with Crippen molar-refractivity contribution < 1.29 is 38.1 Å². The summed E-state index contributed by atoms with van der Waals surface area (Å²) < 4.78 is 24.2. The Hall–Kier alpha value is -3.95. The van der Waals surface area contributed by atoms with Crippen molar-refractivity contribution in [3.63, 3.8) is 0 Å². The third kappa shape index (κ3) is 9.07. The molecule has 0 radical (unpaired) electrons. The van der Waals surface area contributed by atoms with Gasteiger partial charge in [0, 0.05) is 13.0 Å². The molecule has 3 N–H and O–H groups in total. The summed E-state index contributed by atoms with van der Waals surface area (Å²) in [7, 11) is 0. The molecule has 188 valence electrons. The van der Waals surface area contributed by atoms with Gasteiger partial charge in [0.05, 0.1) is 5.56 Å². The first-order valence-electron chi connectivity index (χ1n) is 11.3. The van der Waals surface area contributed by atoms with Crippen LogP contribution in [-0.4, -0.2) is 48.4 Å². The number of benzene rings is 2. The smallest absolute Gasteiger partial charge is 0.410 e. The van der Waals surface area contributed by atoms with Crippen molar-refractivity contribution in [2.24, 2.45) is 0 Å². The number of hydrogen-bond acceptors (Lipinski definition) is 6. The van der Waals surface area contributed by atoms with Gasteiger partial charge in [0.25, 0.3) is 12.4 Å². The lowest BCUT2D eigenvalue weighted by Gasteiger charge is -2.18. The number of amides is 2. The van der Waals surface area contributed by atoms with Gasteiger partial charge in [0.1, 0.15) is 11.9 Å². The highest BCUT2D eigenvalue weighted by atomic mass is 19.1. The van der Waals surface area contributed by atoms with Crippen LogP contribution in [0.1, 0.15) is 49.4 Å². The second-order valence-electron chi connectivity index (χ2n) is 7.70. The maximum atomic E-state index is 14.5. The summed E-state index contributed by atoms with van der Waals surface area (Å²) in [5, 5.41) is 13.9. The van der Waals surface area contributed by atoms with Crippen molar-refractivity contribution in [3.8, 4) is 11.1 Å². The van der Waals surface area contributed by atoms with Crippen LogP contribution < -0.4 is 10.6 Å². The maximum absolute atomic E-state index is 14.5. The van der Waals surface area contributed by atoms with Gasteiger partial charge >= 0.3 is 12.1 Å². The van der Waals surface area contributed by atoms with Crippen molar-refractivity contribution in [3.05, 3.63) is 59.9 Å². The predicted octanol–water partition coefficient (Wildman–Crippen LogP) is 3.87. The van der Waals surface area contributed by atoms with Gasteiger partial charge in [-0.15, -0.1) is 0 Å². The summed E-state index contributed by atoms with van der Waals surface area (Å²) in [4.78, 5) is 46.1. The summed E-state index contributed by atoms with van der Waals surface area (Å²) in [5.74, 6) is -2.39. The zero-order valence-electron chi connectivity index (χ0n) is 19.4. The van der Waals surface area contributed by atoms with E-state index >= 15 is 0 Å². The van der Waals surface area contributed by atoms with Gasteiger partial charge in [-0.3, -0.25) is 9.59 Å². The Morgan fingerprint density at radius 3 is 2.43 bits per heavy atom. The van der Waals surface area contributed by atoms with E-state index in [0.29, 0.717) is 24.8 Å². The minimum Gasteiger partial charge on any atom is -0.480 e. The van der Waals surface area contributed by atoms with Gasteiger partial charge in [0.15, 0.2) is 0 Å². The lowest BCUT2D eigenvalue weighted by atomic mass is 10.0. The van der Waals surface area contributed by atoms with Crippen LogP contribution in [0.2, 0.25) is 0 Å². The minimum atomic E-state index is -1.21. The number of ether oxygens (including phenoxy) is 2. The lowest BCUT2D eigenvalue weighted by Crippen LogP contribution is -2.42. The van der Waals surface area contributed by atoms with Crippen LogP contribution in [0.15, 0.2) is 48.5 Å². The number of nitrogens with one attached hydrogen (secondary N) is 2. The highest BCUT2D eigenvalue weighted by molar-refractivity contribution is 5.95. The number of rotatable bonds is 14. The zero-order chi connectivity index (χ0) is 25.6. The van der Waals surface area contributed by atoms with Gasteiger partial charge in [-0.05, 0) is 42.5 Å². The van der Waals surface area contributed by atoms with E-state index in [0.717, 1.165) is 5.56 Å².